The summed E-state index contributed by atoms with van der Waals surface area (Å²) in [6, 6.07) is 5.25. The van der Waals surface area contributed by atoms with E-state index in [2.05, 4.69) is 20.8 Å². The molecule has 1 aliphatic rings. The number of hydrogen-bond donors (Lipinski definition) is 1. The standard InChI is InChI=1S/C21H27NO3S/c1-21(2,3)13-6-7-16-17(10-13)26-20(22)18(16)19(23)12-8-14(24-4)11-15(9-12)25-5/h8-9,11,13H,6-7,10,22H2,1-5H3. The Morgan fingerprint density at radius 2 is 1.77 bits per heavy atom. The van der Waals surface area contributed by atoms with E-state index in [-0.39, 0.29) is 11.2 Å². The van der Waals surface area contributed by atoms with Gasteiger partial charge in [0.15, 0.2) is 5.78 Å². The van der Waals surface area contributed by atoms with Crippen LogP contribution in [-0.4, -0.2) is 20.0 Å². The maximum atomic E-state index is 13.2. The second-order valence-corrected chi connectivity index (χ2v) is 9.12. The number of ketones is 1. The van der Waals surface area contributed by atoms with Crippen LogP contribution in [0.15, 0.2) is 18.2 Å². The number of anilines is 1. The first kappa shape index (κ1) is 18.8. The number of nitrogen functional groups attached to an aromatic ring is 1. The number of thiophene rings is 1. The highest BCUT2D eigenvalue weighted by atomic mass is 32.1. The average Bonchev–Trinajstić information content (AvgIpc) is 2.94. The van der Waals surface area contributed by atoms with E-state index in [9.17, 15) is 4.79 Å². The first-order valence-corrected chi connectivity index (χ1v) is 9.74. The molecule has 2 N–H and O–H groups in total. The average molecular weight is 374 g/mol. The molecule has 0 bridgehead atoms. The summed E-state index contributed by atoms with van der Waals surface area (Å²) in [5, 5.41) is 0.622. The Morgan fingerprint density at radius 1 is 1.15 bits per heavy atom. The van der Waals surface area contributed by atoms with Gasteiger partial charge in [0.1, 0.15) is 11.5 Å². The first-order chi connectivity index (χ1) is 12.2. The maximum absolute atomic E-state index is 13.2. The van der Waals surface area contributed by atoms with Gasteiger partial charge in [-0.05, 0) is 48.3 Å². The number of carbonyl (C=O) groups is 1. The van der Waals surface area contributed by atoms with Crippen LogP contribution in [0, 0.1) is 11.3 Å². The van der Waals surface area contributed by atoms with Crippen LogP contribution >= 0.6 is 11.3 Å². The number of methoxy groups -OCH3 is 2. The van der Waals surface area contributed by atoms with Gasteiger partial charge in [-0.15, -0.1) is 11.3 Å². The lowest BCUT2D eigenvalue weighted by atomic mass is 9.72. The van der Waals surface area contributed by atoms with Crippen molar-refractivity contribution < 1.29 is 14.3 Å². The molecule has 1 heterocycles. The lowest BCUT2D eigenvalue weighted by Gasteiger charge is -2.33. The zero-order chi connectivity index (χ0) is 19.1. The van der Waals surface area contributed by atoms with Gasteiger partial charge in [0.25, 0.3) is 0 Å². The van der Waals surface area contributed by atoms with E-state index in [1.807, 2.05) is 0 Å². The minimum Gasteiger partial charge on any atom is -0.497 e. The van der Waals surface area contributed by atoms with Crippen LogP contribution in [0.3, 0.4) is 0 Å². The summed E-state index contributed by atoms with van der Waals surface area (Å²) >= 11 is 1.57. The van der Waals surface area contributed by atoms with Crippen molar-refractivity contribution in [3.63, 3.8) is 0 Å². The van der Waals surface area contributed by atoms with E-state index < -0.39 is 0 Å². The Bertz CT molecular complexity index is 810. The zero-order valence-electron chi connectivity index (χ0n) is 16.1. The summed E-state index contributed by atoms with van der Waals surface area (Å²) in [5.41, 5.74) is 8.91. The van der Waals surface area contributed by atoms with Crippen molar-refractivity contribution in [3.05, 3.63) is 39.8 Å². The molecule has 2 aromatic rings. The van der Waals surface area contributed by atoms with Crippen molar-refractivity contribution in [2.24, 2.45) is 11.3 Å². The van der Waals surface area contributed by atoms with Crippen molar-refractivity contribution in [2.75, 3.05) is 20.0 Å². The smallest absolute Gasteiger partial charge is 0.196 e. The summed E-state index contributed by atoms with van der Waals surface area (Å²) in [6.07, 6.45) is 3.00. The van der Waals surface area contributed by atoms with Crippen LogP contribution in [0.4, 0.5) is 5.00 Å². The van der Waals surface area contributed by atoms with Crippen LogP contribution in [-0.2, 0) is 12.8 Å². The third kappa shape index (κ3) is 3.45. The number of carbonyl (C=O) groups excluding carboxylic acids is 1. The molecule has 1 aromatic carbocycles. The summed E-state index contributed by atoms with van der Waals surface area (Å²) in [6.45, 7) is 6.86. The topological polar surface area (TPSA) is 61.5 Å². The van der Waals surface area contributed by atoms with E-state index in [4.69, 9.17) is 15.2 Å². The van der Waals surface area contributed by atoms with Gasteiger partial charge in [-0.1, -0.05) is 20.8 Å². The molecule has 1 atom stereocenters. The molecule has 1 aliphatic carbocycles. The van der Waals surface area contributed by atoms with E-state index in [0.717, 1.165) is 24.8 Å². The number of nitrogens with two attached hydrogens (primary N) is 1. The van der Waals surface area contributed by atoms with Gasteiger partial charge < -0.3 is 15.2 Å². The molecular weight excluding hydrogens is 346 g/mol. The van der Waals surface area contributed by atoms with Gasteiger partial charge in [-0.3, -0.25) is 4.79 Å². The van der Waals surface area contributed by atoms with Crippen molar-refractivity contribution in [1.29, 1.82) is 0 Å². The third-order valence-corrected chi connectivity index (χ3v) is 6.44. The predicted octanol–water partition coefficient (Wildman–Crippen LogP) is 4.73. The lowest BCUT2D eigenvalue weighted by molar-refractivity contribution is 0.103. The second kappa shape index (κ2) is 6.95. The van der Waals surface area contributed by atoms with Crippen molar-refractivity contribution >= 4 is 22.1 Å². The van der Waals surface area contributed by atoms with E-state index in [1.165, 1.54) is 4.88 Å². The number of rotatable bonds is 4. The minimum absolute atomic E-state index is 0.0496. The minimum atomic E-state index is -0.0496. The largest absolute Gasteiger partial charge is 0.497 e. The Morgan fingerprint density at radius 3 is 2.31 bits per heavy atom. The molecule has 0 saturated heterocycles. The van der Waals surface area contributed by atoms with Gasteiger partial charge in [-0.25, -0.2) is 0 Å². The molecule has 0 spiro atoms. The Hall–Kier alpha value is -2.01. The Balaban J connectivity index is 1.99. The van der Waals surface area contributed by atoms with Crippen LogP contribution in [0.5, 0.6) is 11.5 Å². The quantitative estimate of drug-likeness (QED) is 0.787. The van der Waals surface area contributed by atoms with Gasteiger partial charge in [0.05, 0.1) is 24.8 Å². The SMILES string of the molecule is COc1cc(OC)cc(C(=O)c2c(N)sc3c2CCC(C(C)(C)C)C3)c1. The molecule has 0 aliphatic heterocycles. The number of benzene rings is 1. The fourth-order valence-corrected chi connectivity index (χ4v) is 4.87. The normalized spacial score (nSPS) is 16.9. The summed E-state index contributed by atoms with van der Waals surface area (Å²) in [4.78, 5) is 14.5. The molecule has 140 valence electrons. The molecule has 4 nitrogen and oxygen atoms in total. The van der Waals surface area contributed by atoms with Crippen molar-refractivity contribution in [3.8, 4) is 11.5 Å². The first-order valence-electron chi connectivity index (χ1n) is 8.92. The molecule has 1 unspecified atom stereocenters. The van der Waals surface area contributed by atoms with Gasteiger partial charge in [-0.2, -0.15) is 0 Å². The number of ether oxygens (including phenoxy) is 2. The predicted molar refractivity (Wildman–Crippen MR) is 107 cm³/mol. The van der Waals surface area contributed by atoms with Crippen LogP contribution < -0.4 is 15.2 Å². The van der Waals surface area contributed by atoms with Crippen molar-refractivity contribution in [2.45, 2.75) is 40.0 Å². The van der Waals surface area contributed by atoms with Crippen LogP contribution in [0.25, 0.3) is 0 Å². The van der Waals surface area contributed by atoms with E-state index in [1.54, 1.807) is 43.8 Å². The lowest BCUT2D eigenvalue weighted by Crippen LogP contribution is -2.26. The summed E-state index contributed by atoms with van der Waals surface area (Å²) < 4.78 is 10.6. The highest BCUT2D eigenvalue weighted by molar-refractivity contribution is 7.16. The van der Waals surface area contributed by atoms with Crippen molar-refractivity contribution in [1.82, 2.24) is 0 Å². The maximum Gasteiger partial charge on any atom is 0.196 e. The van der Waals surface area contributed by atoms with Gasteiger partial charge in [0.2, 0.25) is 0 Å². The Kier molecular flexibility index (Phi) is 5.02. The fourth-order valence-electron chi connectivity index (χ4n) is 3.68. The molecule has 0 amide bonds. The van der Waals surface area contributed by atoms with E-state index in [0.29, 0.717) is 33.5 Å². The molecule has 3 rings (SSSR count). The third-order valence-electron chi connectivity index (χ3n) is 5.36. The highest BCUT2D eigenvalue weighted by Gasteiger charge is 2.33. The molecule has 0 fully saturated rings. The zero-order valence-corrected chi connectivity index (χ0v) is 17.0. The van der Waals surface area contributed by atoms with E-state index >= 15 is 0 Å². The van der Waals surface area contributed by atoms with Gasteiger partial charge >= 0.3 is 0 Å². The monoisotopic (exact) mass is 373 g/mol. The highest BCUT2D eigenvalue weighted by Crippen LogP contribution is 2.44. The molecular formula is C21H27NO3S. The van der Waals surface area contributed by atoms with Crippen LogP contribution in [0.1, 0.15) is 53.6 Å². The molecule has 0 saturated carbocycles. The molecule has 1 aromatic heterocycles. The number of hydrogen-bond acceptors (Lipinski definition) is 5. The Labute approximate surface area is 159 Å². The molecule has 26 heavy (non-hydrogen) atoms. The summed E-state index contributed by atoms with van der Waals surface area (Å²) in [5.74, 6) is 1.77. The molecule has 5 heteroatoms. The fraction of sp³-hybridized carbons (Fsp3) is 0.476. The molecule has 0 radical (unpaired) electrons. The summed E-state index contributed by atoms with van der Waals surface area (Å²) in [7, 11) is 3.16. The van der Waals surface area contributed by atoms with Crippen LogP contribution in [0.2, 0.25) is 0 Å². The van der Waals surface area contributed by atoms with Gasteiger partial charge in [0, 0.05) is 16.5 Å². The second-order valence-electron chi connectivity index (χ2n) is 7.98. The number of fused-ring (bicyclic) bond motifs is 1.